The molecule has 174 valence electrons. The van der Waals surface area contributed by atoms with Crippen LogP contribution in [0.3, 0.4) is 0 Å². The number of para-hydroxylation sites is 2. The van der Waals surface area contributed by atoms with Gasteiger partial charge in [0, 0.05) is 14.2 Å². The molecule has 1 N–H and O–H groups in total. The number of hydrogen-bond donors (Lipinski definition) is 1. The summed E-state index contributed by atoms with van der Waals surface area (Å²) in [6.45, 7) is 2.05. The lowest BCUT2D eigenvalue weighted by molar-refractivity contribution is -0.131. The first kappa shape index (κ1) is 24.8. The molecule has 33 heavy (non-hydrogen) atoms. The van der Waals surface area contributed by atoms with Crippen LogP contribution >= 0.6 is 23.4 Å². The number of halogens is 1. The maximum absolute atomic E-state index is 13.1. The highest BCUT2D eigenvalue weighted by atomic mass is 35.5. The topological polar surface area (TPSA) is 93.5 Å². The van der Waals surface area contributed by atoms with E-state index >= 15 is 0 Å². The molecule has 8 nitrogen and oxygen atoms in total. The van der Waals surface area contributed by atoms with E-state index < -0.39 is 0 Å². The summed E-state index contributed by atoms with van der Waals surface area (Å²) in [6.07, 6.45) is 0. The molecule has 1 atom stereocenters. The molecule has 0 fully saturated rings. The fourth-order valence-corrected chi connectivity index (χ4v) is 4.44. The first-order valence-electron chi connectivity index (χ1n) is 10.2. The summed E-state index contributed by atoms with van der Waals surface area (Å²) in [5.41, 5.74) is 0.856. The van der Waals surface area contributed by atoms with Gasteiger partial charge in [-0.05, 0) is 31.2 Å². The number of hydrogen-bond acceptors (Lipinski definition) is 6. The molecule has 2 aromatic carbocycles. The molecule has 10 heteroatoms. The molecule has 1 aromatic heterocycles. The van der Waals surface area contributed by atoms with Crippen molar-refractivity contribution >= 4 is 51.8 Å². The van der Waals surface area contributed by atoms with Gasteiger partial charge in [-0.15, -0.1) is 0 Å². The van der Waals surface area contributed by atoms with Gasteiger partial charge in [0.15, 0.2) is 5.16 Å². The fourth-order valence-electron chi connectivity index (χ4n) is 3.22. The molecule has 0 saturated carbocycles. The van der Waals surface area contributed by atoms with E-state index in [1.165, 1.54) is 4.90 Å². The van der Waals surface area contributed by atoms with Crippen LogP contribution in [-0.2, 0) is 14.3 Å². The quantitative estimate of drug-likeness (QED) is 0.366. The Morgan fingerprint density at radius 2 is 1.91 bits per heavy atom. The Morgan fingerprint density at radius 1 is 1.21 bits per heavy atom. The molecule has 0 aliphatic carbocycles. The number of amides is 2. The monoisotopic (exact) mass is 488 g/mol. The number of carbonyl (C=O) groups excluding carboxylic acids is 2. The number of fused-ring (bicyclic) bond motifs is 1. The zero-order valence-electron chi connectivity index (χ0n) is 18.6. The van der Waals surface area contributed by atoms with Crippen molar-refractivity contribution in [2.45, 2.75) is 18.1 Å². The van der Waals surface area contributed by atoms with Gasteiger partial charge in [-0.3, -0.25) is 19.0 Å². The molecule has 1 heterocycles. The van der Waals surface area contributed by atoms with Gasteiger partial charge in [0.05, 0.1) is 46.6 Å². The number of nitrogens with one attached hydrogen (secondary N) is 1. The summed E-state index contributed by atoms with van der Waals surface area (Å²) >= 11 is 7.21. The molecular formula is C23H25ClN4O4S. The smallest absolute Gasteiger partial charge is 0.262 e. The van der Waals surface area contributed by atoms with Crippen LogP contribution in [0.5, 0.6) is 0 Å². The zero-order valence-corrected chi connectivity index (χ0v) is 20.2. The van der Waals surface area contributed by atoms with Crippen molar-refractivity contribution in [2.75, 3.05) is 38.4 Å². The normalized spacial score (nSPS) is 11.9. The molecule has 0 bridgehead atoms. The fraction of sp³-hybridized carbons (Fsp3) is 0.304. The molecule has 1 unspecified atom stereocenters. The van der Waals surface area contributed by atoms with E-state index in [2.05, 4.69) is 10.3 Å². The third-order valence-corrected chi connectivity index (χ3v) is 6.17. The number of likely N-dealkylation sites (N-methyl/N-ethyl adjacent to an activating group) is 1. The number of carbonyl (C=O) groups is 2. The molecule has 2 amide bonds. The number of anilines is 1. The van der Waals surface area contributed by atoms with Crippen LogP contribution in [0.1, 0.15) is 13.0 Å². The number of aromatic nitrogens is 2. The Kier molecular flexibility index (Phi) is 8.49. The van der Waals surface area contributed by atoms with E-state index in [-0.39, 0.29) is 35.7 Å². The average molecular weight is 489 g/mol. The predicted molar refractivity (Wildman–Crippen MR) is 131 cm³/mol. The van der Waals surface area contributed by atoms with Crippen molar-refractivity contribution in [3.05, 3.63) is 63.9 Å². The van der Waals surface area contributed by atoms with Crippen molar-refractivity contribution in [1.82, 2.24) is 14.5 Å². The molecule has 0 saturated heterocycles. The van der Waals surface area contributed by atoms with Crippen molar-refractivity contribution in [2.24, 2.45) is 0 Å². The SMILES string of the molecule is COCC(C)n1c(SCC(=O)N(C)CC(=O)Nc2ccccc2Cl)nc2ccccc2c1=O. The molecule has 0 radical (unpaired) electrons. The predicted octanol–water partition coefficient (Wildman–Crippen LogP) is 3.45. The summed E-state index contributed by atoms with van der Waals surface area (Å²) in [7, 11) is 3.11. The van der Waals surface area contributed by atoms with Gasteiger partial charge in [0.1, 0.15) is 0 Å². The van der Waals surface area contributed by atoms with Crippen LogP contribution in [-0.4, -0.2) is 59.3 Å². The number of benzene rings is 2. The van der Waals surface area contributed by atoms with E-state index in [0.717, 1.165) is 11.8 Å². The summed E-state index contributed by atoms with van der Waals surface area (Å²) in [5, 5.41) is 4.04. The maximum atomic E-state index is 13.1. The Balaban J connectivity index is 1.71. The van der Waals surface area contributed by atoms with Crippen LogP contribution in [0.25, 0.3) is 10.9 Å². The van der Waals surface area contributed by atoms with Crippen LogP contribution in [0, 0.1) is 0 Å². The molecule has 0 spiro atoms. The van der Waals surface area contributed by atoms with Gasteiger partial charge in [-0.25, -0.2) is 4.98 Å². The molecule has 0 aliphatic heterocycles. The first-order chi connectivity index (χ1) is 15.8. The second-order valence-electron chi connectivity index (χ2n) is 7.46. The van der Waals surface area contributed by atoms with E-state index in [4.69, 9.17) is 16.3 Å². The van der Waals surface area contributed by atoms with E-state index in [0.29, 0.717) is 33.4 Å². The minimum absolute atomic E-state index is 0.0142. The van der Waals surface area contributed by atoms with Gasteiger partial charge in [-0.2, -0.15) is 0 Å². The minimum Gasteiger partial charge on any atom is -0.383 e. The highest BCUT2D eigenvalue weighted by Gasteiger charge is 2.19. The summed E-state index contributed by atoms with van der Waals surface area (Å²) in [6, 6.07) is 13.7. The summed E-state index contributed by atoms with van der Waals surface area (Å²) < 4.78 is 6.77. The van der Waals surface area contributed by atoms with Crippen LogP contribution < -0.4 is 10.9 Å². The van der Waals surface area contributed by atoms with Gasteiger partial charge in [0.2, 0.25) is 11.8 Å². The highest BCUT2D eigenvalue weighted by molar-refractivity contribution is 7.99. The van der Waals surface area contributed by atoms with Crippen LogP contribution in [0.2, 0.25) is 5.02 Å². The largest absolute Gasteiger partial charge is 0.383 e. The standard InChI is InChI=1S/C23H25ClN4O4S/c1-15(13-32-3)28-22(31)16-8-4-6-10-18(16)26-23(28)33-14-21(30)27(2)12-20(29)25-19-11-7-5-9-17(19)24/h4-11,15H,12-14H2,1-3H3,(H,25,29). The van der Waals surface area contributed by atoms with Crippen molar-refractivity contribution in [3.8, 4) is 0 Å². The van der Waals surface area contributed by atoms with Gasteiger partial charge in [0.25, 0.3) is 5.56 Å². The van der Waals surface area contributed by atoms with E-state index in [1.54, 1.807) is 61.2 Å². The summed E-state index contributed by atoms with van der Waals surface area (Å²) in [4.78, 5) is 44.0. The first-order valence-corrected chi connectivity index (χ1v) is 11.6. The van der Waals surface area contributed by atoms with Gasteiger partial charge >= 0.3 is 0 Å². The zero-order chi connectivity index (χ0) is 24.0. The Morgan fingerprint density at radius 3 is 2.64 bits per heavy atom. The van der Waals surface area contributed by atoms with Gasteiger partial charge in [-0.1, -0.05) is 47.6 Å². The Bertz CT molecular complexity index is 1220. The van der Waals surface area contributed by atoms with Crippen molar-refractivity contribution in [1.29, 1.82) is 0 Å². The average Bonchev–Trinajstić information content (AvgIpc) is 2.79. The molecule has 3 aromatic rings. The second kappa shape index (κ2) is 11.3. The number of nitrogens with zero attached hydrogens (tertiary/aromatic N) is 3. The number of ether oxygens (including phenoxy) is 1. The lowest BCUT2D eigenvalue weighted by Gasteiger charge is -2.20. The van der Waals surface area contributed by atoms with Crippen molar-refractivity contribution < 1.29 is 14.3 Å². The summed E-state index contributed by atoms with van der Waals surface area (Å²) in [5.74, 6) is -0.624. The minimum atomic E-state index is -0.363. The van der Waals surface area contributed by atoms with Crippen molar-refractivity contribution in [3.63, 3.8) is 0 Å². The van der Waals surface area contributed by atoms with Crippen LogP contribution in [0.4, 0.5) is 5.69 Å². The maximum Gasteiger partial charge on any atom is 0.262 e. The van der Waals surface area contributed by atoms with E-state index in [1.807, 2.05) is 13.0 Å². The third-order valence-electron chi connectivity index (χ3n) is 4.90. The molecule has 3 rings (SSSR count). The third kappa shape index (κ3) is 6.13. The lowest BCUT2D eigenvalue weighted by Crippen LogP contribution is -2.36. The Labute approximate surface area is 200 Å². The number of rotatable bonds is 9. The Hall–Kier alpha value is -2.88. The van der Waals surface area contributed by atoms with E-state index in [9.17, 15) is 14.4 Å². The molecule has 0 aliphatic rings. The van der Waals surface area contributed by atoms with Crippen LogP contribution in [0.15, 0.2) is 58.5 Å². The lowest BCUT2D eigenvalue weighted by atomic mass is 10.2. The highest BCUT2D eigenvalue weighted by Crippen LogP contribution is 2.22. The van der Waals surface area contributed by atoms with Gasteiger partial charge < -0.3 is 15.0 Å². The number of thioether (sulfide) groups is 1. The number of methoxy groups -OCH3 is 1. The molecular weight excluding hydrogens is 464 g/mol. The second-order valence-corrected chi connectivity index (χ2v) is 8.81.